The first-order valence-electron chi connectivity index (χ1n) is 6.53. The van der Waals surface area contributed by atoms with Crippen LogP contribution in [0.1, 0.15) is 23.3 Å². The molecule has 0 aromatic carbocycles. The van der Waals surface area contributed by atoms with Crippen LogP contribution in [-0.4, -0.2) is 55.9 Å². The average molecular weight is 297 g/mol. The number of hydrogen-bond donors (Lipinski definition) is 1. The molecule has 110 valence electrons. The van der Waals surface area contributed by atoms with Gasteiger partial charge in [-0.15, -0.1) is 0 Å². The number of anilines is 1. The highest BCUT2D eigenvalue weighted by molar-refractivity contribution is 7.91. The lowest BCUT2D eigenvalue weighted by molar-refractivity contribution is 0.0822. The van der Waals surface area contributed by atoms with Gasteiger partial charge in [-0.1, -0.05) is 6.07 Å². The molecule has 1 aliphatic rings. The van der Waals surface area contributed by atoms with Crippen LogP contribution in [-0.2, 0) is 9.84 Å². The molecule has 2 heterocycles. The first-order valence-corrected chi connectivity index (χ1v) is 8.35. The highest BCUT2D eigenvalue weighted by Crippen LogP contribution is 2.17. The van der Waals surface area contributed by atoms with Gasteiger partial charge in [0, 0.05) is 20.1 Å². The number of hydrogen-bond acceptors (Lipinski definition) is 5. The SMILES string of the molecule is CN(C)C(=O)c1cccc(NC2CCS(=O)(=O)CC2)n1. The molecule has 1 aliphatic heterocycles. The van der Waals surface area contributed by atoms with Crippen molar-refractivity contribution in [1.82, 2.24) is 9.88 Å². The van der Waals surface area contributed by atoms with Gasteiger partial charge in [0.2, 0.25) is 0 Å². The van der Waals surface area contributed by atoms with Crippen molar-refractivity contribution in [1.29, 1.82) is 0 Å². The molecule has 0 spiro atoms. The highest BCUT2D eigenvalue weighted by atomic mass is 32.2. The van der Waals surface area contributed by atoms with E-state index >= 15 is 0 Å². The van der Waals surface area contributed by atoms with Crippen LogP contribution in [0.25, 0.3) is 0 Å². The number of carbonyl (C=O) groups excluding carboxylic acids is 1. The molecular weight excluding hydrogens is 278 g/mol. The minimum atomic E-state index is -2.86. The molecule has 20 heavy (non-hydrogen) atoms. The Labute approximate surface area is 119 Å². The van der Waals surface area contributed by atoms with E-state index in [1.54, 1.807) is 32.3 Å². The molecule has 2 rings (SSSR count). The molecule has 7 heteroatoms. The zero-order valence-electron chi connectivity index (χ0n) is 11.7. The van der Waals surface area contributed by atoms with E-state index in [0.29, 0.717) is 24.4 Å². The summed E-state index contributed by atoms with van der Waals surface area (Å²) >= 11 is 0. The molecule has 0 saturated carbocycles. The molecule has 1 saturated heterocycles. The van der Waals surface area contributed by atoms with E-state index in [4.69, 9.17) is 0 Å². The van der Waals surface area contributed by atoms with Crippen LogP contribution in [0, 0.1) is 0 Å². The number of sulfone groups is 1. The van der Waals surface area contributed by atoms with Crippen LogP contribution in [0.4, 0.5) is 5.82 Å². The smallest absolute Gasteiger partial charge is 0.272 e. The van der Waals surface area contributed by atoms with E-state index < -0.39 is 9.84 Å². The quantitative estimate of drug-likeness (QED) is 0.891. The van der Waals surface area contributed by atoms with Gasteiger partial charge in [0.15, 0.2) is 0 Å². The maximum absolute atomic E-state index is 11.8. The number of amides is 1. The van der Waals surface area contributed by atoms with Crippen molar-refractivity contribution in [2.45, 2.75) is 18.9 Å². The van der Waals surface area contributed by atoms with E-state index in [9.17, 15) is 13.2 Å². The summed E-state index contributed by atoms with van der Waals surface area (Å²) in [6.45, 7) is 0. The van der Waals surface area contributed by atoms with Gasteiger partial charge in [-0.05, 0) is 25.0 Å². The second kappa shape index (κ2) is 5.78. The van der Waals surface area contributed by atoms with E-state index in [0.717, 1.165) is 0 Å². The maximum atomic E-state index is 11.8. The van der Waals surface area contributed by atoms with E-state index in [1.165, 1.54) is 4.90 Å². The fraction of sp³-hybridized carbons (Fsp3) is 0.538. The zero-order valence-corrected chi connectivity index (χ0v) is 12.5. The summed E-state index contributed by atoms with van der Waals surface area (Å²) in [5, 5.41) is 3.21. The third-order valence-electron chi connectivity index (χ3n) is 3.28. The van der Waals surface area contributed by atoms with Gasteiger partial charge >= 0.3 is 0 Å². The second-order valence-corrected chi connectivity index (χ2v) is 7.48. The van der Waals surface area contributed by atoms with E-state index in [1.807, 2.05) is 0 Å². The Morgan fingerprint density at radius 1 is 1.30 bits per heavy atom. The molecule has 1 N–H and O–H groups in total. The number of nitrogens with zero attached hydrogens (tertiary/aromatic N) is 2. The lowest BCUT2D eigenvalue weighted by Gasteiger charge is -2.23. The standard InChI is InChI=1S/C13H19N3O3S/c1-16(2)13(17)11-4-3-5-12(15-11)14-10-6-8-20(18,19)9-7-10/h3-5,10H,6-9H2,1-2H3,(H,14,15). The minimum Gasteiger partial charge on any atom is -0.367 e. The molecule has 0 unspecified atom stereocenters. The normalized spacial score (nSPS) is 18.5. The predicted octanol–water partition coefficient (Wildman–Crippen LogP) is 0.772. The summed E-state index contributed by atoms with van der Waals surface area (Å²) in [5.41, 5.74) is 0.378. The Bertz CT molecular complexity index is 585. The van der Waals surface area contributed by atoms with Gasteiger partial charge in [0.05, 0.1) is 11.5 Å². The number of rotatable bonds is 3. The summed E-state index contributed by atoms with van der Waals surface area (Å²) in [4.78, 5) is 17.6. The van der Waals surface area contributed by atoms with Gasteiger partial charge in [-0.3, -0.25) is 4.79 Å². The molecule has 6 nitrogen and oxygen atoms in total. The minimum absolute atomic E-state index is 0.0933. The van der Waals surface area contributed by atoms with Crippen molar-refractivity contribution in [2.75, 3.05) is 30.9 Å². The van der Waals surface area contributed by atoms with Gasteiger partial charge in [-0.2, -0.15) is 0 Å². The Balaban J connectivity index is 2.04. The highest BCUT2D eigenvalue weighted by Gasteiger charge is 2.23. The number of aromatic nitrogens is 1. The van der Waals surface area contributed by atoms with Crippen LogP contribution in [0.15, 0.2) is 18.2 Å². The maximum Gasteiger partial charge on any atom is 0.272 e. The molecule has 0 bridgehead atoms. The van der Waals surface area contributed by atoms with Crippen LogP contribution in [0.5, 0.6) is 0 Å². The number of pyridine rings is 1. The van der Waals surface area contributed by atoms with Crippen molar-refractivity contribution in [3.05, 3.63) is 23.9 Å². The molecule has 0 aliphatic carbocycles. The second-order valence-electron chi connectivity index (χ2n) is 5.18. The van der Waals surface area contributed by atoms with Gasteiger partial charge in [-0.25, -0.2) is 13.4 Å². The van der Waals surface area contributed by atoms with Crippen molar-refractivity contribution >= 4 is 21.6 Å². The lowest BCUT2D eigenvalue weighted by atomic mass is 10.1. The Morgan fingerprint density at radius 2 is 1.95 bits per heavy atom. The average Bonchev–Trinajstić information content (AvgIpc) is 2.40. The monoisotopic (exact) mass is 297 g/mol. The fourth-order valence-corrected chi connectivity index (χ4v) is 3.60. The predicted molar refractivity (Wildman–Crippen MR) is 77.6 cm³/mol. The molecular formula is C13H19N3O3S. The molecule has 0 atom stereocenters. The Kier molecular flexibility index (Phi) is 4.27. The Hall–Kier alpha value is -1.63. The zero-order chi connectivity index (χ0) is 14.8. The number of nitrogens with one attached hydrogen (secondary N) is 1. The third kappa shape index (κ3) is 3.69. The summed E-state index contributed by atoms with van der Waals surface area (Å²) in [7, 11) is 0.491. The van der Waals surface area contributed by atoms with Gasteiger partial charge in [0.25, 0.3) is 5.91 Å². The first kappa shape index (κ1) is 14.8. The van der Waals surface area contributed by atoms with Crippen molar-refractivity contribution in [3.63, 3.8) is 0 Å². The van der Waals surface area contributed by atoms with E-state index in [2.05, 4.69) is 10.3 Å². The molecule has 0 radical (unpaired) electrons. The molecule has 1 aromatic rings. The van der Waals surface area contributed by atoms with Crippen molar-refractivity contribution < 1.29 is 13.2 Å². The largest absolute Gasteiger partial charge is 0.367 e. The third-order valence-corrected chi connectivity index (χ3v) is 5.00. The Morgan fingerprint density at radius 3 is 2.55 bits per heavy atom. The lowest BCUT2D eigenvalue weighted by Crippen LogP contribution is -2.32. The fourth-order valence-electron chi connectivity index (χ4n) is 2.11. The summed E-state index contributed by atoms with van der Waals surface area (Å²) < 4.78 is 22.7. The molecule has 1 aromatic heterocycles. The van der Waals surface area contributed by atoms with Gasteiger partial charge < -0.3 is 10.2 Å². The number of carbonyl (C=O) groups is 1. The van der Waals surface area contributed by atoms with Crippen molar-refractivity contribution in [3.8, 4) is 0 Å². The van der Waals surface area contributed by atoms with Crippen LogP contribution >= 0.6 is 0 Å². The van der Waals surface area contributed by atoms with Crippen LogP contribution < -0.4 is 5.32 Å². The summed E-state index contributed by atoms with van der Waals surface area (Å²) in [6.07, 6.45) is 1.16. The van der Waals surface area contributed by atoms with E-state index in [-0.39, 0.29) is 23.5 Å². The first-order chi connectivity index (χ1) is 9.37. The van der Waals surface area contributed by atoms with Gasteiger partial charge in [0.1, 0.15) is 21.3 Å². The molecule has 1 fully saturated rings. The summed E-state index contributed by atoms with van der Waals surface area (Å²) in [5.74, 6) is 0.879. The molecule has 1 amide bonds. The van der Waals surface area contributed by atoms with Crippen LogP contribution in [0.2, 0.25) is 0 Å². The van der Waals surface area contributed by atoms with Crippen molar-refractivity contribution in [2.24, 2.45) is 0 Å². The summed E-state index contributed by atoms with van der Waals surface area (Å²) in [6, 6.07) is 5.32. The van der Waals surface area contributed by atoms with Crippen LogP contribution in [0.3, 0.4) is 0 Å². The topological polar surface area (TPSA) is 79.4 Å².